The topological polar surface area (TPSA) is 82.1 Å². The Morgan fingerprint density at radius 3 is 2.19 bits per heavy atom. The number of esters is 2. The molecule has 0 aliphatic carbocycles. The standard InChI is InChI=1S/C24H25NO6/c1-17(26)29-15-20-16-31-25(22(27)21(20)19-12-8-5-9-13-19)24(2,3)23(28)30-14-18-10-6-4-7-11-18/h4-13H,14-16H2,1-3H3. The normalized spacial score (nSPS) is 14.4. The second kappa shape index (κ2) is 9.57. The van der Waals surface area contributed by atoms with Gasteiger partial charge in [0.05, 0.1) is 5.57 Å². The molecule has 0 saturated heterocycles. The van der Waals surface area contributed by atoms with Crippen molar-refractivity contribution < 1.29 is 28.7 Å². The molecule has 0 atom stereocenters. The van der Waals surface area contributed by atoms with Crippen LogP contribution >= 0.6 is 0 Å². The maximum Gasteiger partial charge on any atom is 0.334 e. The number of hydrogen-bond acceptors (Lipinski definition) is 6. The van der Waals surface area contributed by atoms with Crippen LogP contribution in [-0.4, -0.2) is 41.7 Å². The average molecular weight is 423 g/mol. The van der Waals surface area contributed by atoms with Crippen molar-refractivity contribution in [2.24, 2.45) is 0 Å². The zero-order valence-electron chi connectivity index (χ0n) is 17.8. The van der Waals surface area contributed by atoms with E-state index in [1.165, 1.54) is 6.92 Å². The largest absolute Gasteiger partial charge is 0.461 e. The maximum atomic E-state index is 13.4. The number of hydroxylamine groups is 2. The summed E-state index contributed by atoms with van der Waals surface area (Å²) in [4.78, 5) is 43.2. The molecule has 0 radical (unpaired) electrons. The first-order valence-corrected chi connectivity index (χ1v) is 9.90. The van der Waals surface area contributed by atoms with Gasteiger partial charge >= 0.3 is 11.9 Å². The first kappa shape index (κ1) is 22.2. The van der Waals surface area contributed by atoms with Crippen LogP contribution in [0, 0.1) is 0 Å². The van der Waals surface area contributed by atoms with Crippen molar-refractivity contribution in [1.82, 2.24) is 5.06 Å². The highest BCUT2D eigenvalue weighted by molar-refractivity contribution is 6.21. The van der Waals surface area contributed by atoms with E-state index in [1.54, 1.807) is 38.1 Å². The van der Waals surface area contributed by atoms with Gasteiger partial charge in [0, 0.05) is 12.5 Å². The average Bonchev–Trinajstić information content (AvgIpc) is 2.77. The minimum absolute atomic E-state index is 0.00135. The Morgan fingerprint density at radius 2 is 1.58 bits per heavy atom. The second-order valence-corrected chi connectivity index (χ2v) is 7.62. The molecule has 0 fully saturated rings. The molecular weight excluding hydrogens is 398 g/mol. The van der Waals surface area contributed by atoms with Crippen molar-refractivity contribution in [3.8, 4) is 0 Å². The first-order chi connectivity index (χ1) is 14.8. The molecule has 0 spiro atoms. The SMILES string of the molecule is CC(=O)OCC1=C(c2ccccc2)C(=O)N(C(C)(C)C(=O)OCc2ccccc2)OC1. The van der Waals surface area contributed by atoms with E-state index < -0.39 is 23.4 Å². The summed E-state index contributed by atoms with van der Waals surface area (Å²) in [5, 5.41) is 1.04. The molecule has 1 aliphatic rings. The van der Waals surface area contributed by atoms with Crippen molar-refractivity contribution in [2.75, 3.05) is 13.2 Å². The molecule has 1 heterocycles. The summed E-state index contributed by atoms with van der Waals surface area (Å²) in [5.74, 6) is -1.55. The van der Waals surface area contributed by atoms with Crippen LogP contribution in [0.25, 0.3) is 5.57 Å². The third-order valence-corrected chi connectivity index (χ3v) is 4.85. The van der Waals surface area contributed by atoms with E-state index in [1.807, 2.05) is 36.4 Å². The molecule has 7 heteroatoms. The first-order valence-electron chi connectivity index (χ1n) is 9.90. The van der Waals surface area contributed by atoms with Crippen LogP contribution < -0.4 is 0 Å². The van der Waals surface area contributed by atoms with E-state index in [0.29, 0.717) is 16.7 Å². The lowest BCUT2D eigenvalue weighted by atomic mass is 9.96. The molecule has 2 aromatic carbocycles. The number of carbonyl (C=O) groups is 3. The molecule has 0 N–H and O–H groups in total. The number of carbonyl (C=O) groups excluding carboxylic acids is 3. The van der Waals surface area contributed by atoms with Crippen LogP contribution in [0.5, 0.6) is 0 Å². The van der Waals surface area contributed by atoms with Gasteiger partial charge in [-0.2, -0.15) is 5.06 Å². The Balaban J connectivity index is 1.84. The van der Waals surface area contributed by atoms with E-state index in [2.05, 4.69) is 0 Å². The molecule has 0 saturated carbocycles. The van der Waals surface area contributed by atoms with Crippen LogP contribution in [-0.2, 0) is 35.3 Å². The lowest BCUT2D eigenvalue weighted by molar-refractivity contribution is -0.220. The summed E-state index contributed by atoms with van der Waals surface area (Å²) < 4.78 is 10.5. The summed E-state index contributed by atoms with van der Waals surface area (Å²) in [6.07, 6.45) is 0. The molecule has 31 heavy (non-hydrogen) atoms. The minimum Gasteiger partial charge on any atom is -0.461 e. The number of ether oxygens (including phenoxy) is 2. The molecule has 1 amide bonds. The lowest BCUT2D eigenvalue weighted by Gasteiger charge is -2.38. The predicted octanol–water partition coefficient (Wildman–Crippen LogP) is 3.30. The fourth-order valence-corrected chi connectivity index (χ4v) is 3.16. The van der Waals surface area contributed by atoms with Gasteiger partial charge < -0.3 is 9.47 Å². The Labute approximate surface area is 181 Å². The second-order valence-electron chi connectivity index (χ2n) is 7.62. The van der Waals surface area contributed by atoms with Gasteiger partial charge in [-0.15, -0.1) is 0 Å². The van der Waals surface area contributed by atoms with E-state index in [4.69, 9.17) is 14.3 Å². The van der Waals surface area contributed by atoms with Gasteiger partial charge in [-0.05, 0) is 25.0 Å². The fourth-order valence-electron chi connectivity index (χ4n) is 3.16. The highest BCUT2D eigenvalue weighted by Gasteiger charge is 2.44. The number of hydrogen-bond donors (Lipinski definition) is 0. The zero-order valence-corrected chi connectivity index (χ0v) is 17.8. The van der Waals surface area contributed by atoms with Crippen LogP contribution in [0.15, 0.2) is 66.2 Å². The van der Waals surface area contributed by atoms with Gasteiger partial charge in [0.1, 0.15) is 19.8 Å². The molecule has 7 nitrogen and oxygen atoms in total. The van der Waals surface area contributed by atoms with Gasteiger partial charge in [-0.25, -0.2) is 4.79 Å². The van der Waals surface area contributed by atoms with Crippen LogP contribution in [0.4, 0.5) is 0 Å². The molecule has 0 aromatic heterocycles. The van der Waals surface area contributed by atoms with Crippen LogP contribution in [0.2, 0.25) is 0 Å². The number of nitrogens with zero attached hydrogens (tertiary/aromatic N) is 1. The van der Waals surface area contributed by atoms with Crippen molar-refractivity contribution >= 4 is 23.4 Å². The molecule has 3 rings (SSSR count). The maximum absolute atomic E-state index is 13.4. The third-order valence-electron chi connectivity index (χ3n) is 4.85. The van der Waals surface area contributed by atoms with Gasteiger partial charge in [-0.1, -0.05) is 60.7 Å². The van der Waals surface area contributed by atoms with Gasteiger partial charge in [0.15, 0.2) is 5.54 Å². The molecule has 1 aliphatic heterocycles. The molecule has 162 valence electrons. The van der Waals surface area contributed by atoms with Gasteiger partial charge in [-0.3, -0.25) is 14.4 Å². The van der Waals surface area contributed by atoms with E-state index in [-0.39, 0.29) is 19.8 Å². The minimum atomic E-state index is -1.38. The molecule has 0 unspecified atom stereocenters. The highest BCUT2D eigenvalue weighted by Crippen LogP contribution is 2.31. The van der Waals surface area contributed by atoms with E-state index in [9.17, 15) is 14.4 Å². The highest BCUT2D eigenvalue weighted by atomic mass is 16.7. The van der Waals surface area contributed by atoms with Crippen molar-refractivity contribution in [1.29, 1.82) is 0 Å². The van der Waals surface area contributed by atoms with E-state index in [0.717, 1.165) is 10.6 Å². The number of benzene rings is 2. The molecular formula is C24H25NO6. The Hall–Kier alpha value is -3.45. The third kappa shape index (κ3) is 5.19. The van der Waals surface area contributed by atoms with Crippen LogP contribution in [0.3, 0.4) is 0 Å². The summed E-state index contributed by atoms with van der Waals surface area (Å²) in [7, 11) is 0. The summed E-state index contributed by atoms with van der Waals surface area (Å²) in [6, 6.07) is 18.3. The monoisotopic (exact) mass is 423 g/mol. The Kier molecular flexibility index (Phi) is 6.87. The Morgan fingerprint density at radius 1 is 0.968 bits per heavy atom. The van der Waals surface area contributed by atoms with Gasteiger partial charge in [0.2, 0.25) is 0 Å². The summed E-state index contributed by atoms with van der Waals surface area (Å²) in [6.45, 7) is 4.45. The van der Waals surface area contributed by atoms with Crippen LogP contribution in [0.1, 0.15) is 31.9 Å². The number of amides is 1. The van der Waals surface area contributed by atoms with Crippen molar-refractivity contribution in [3.63, 3.8) is 0 Å². The lowest BCUT2D eigenvalue weighted by Crippen LogP contribution is -2.55. The molecule has 2 aromatic rings. The van der Waals surface area contributed by atoms with Crippen molar-refractivity contribution in [2.45, 2.75) is 32.9 Å². The van der Waals surface area contributed by atoms with Gasteiger partial charge in [0.25, 0.3) is 5.91 Å². The molecule has 0 bridgehead atoms. The summed E-state index contributed by atoms with van der Waals surface area (Å²) in [5.41, 5.74) is 0.981. The Bertz CT molecular complexity index is 982. The zero-order chi connectivity index (χ0) is 22.4. The predicted molar refractivity (Wildman–Crippen MR) is 113 cm³/mol. The number of rotatable bonds is 7. The van der Waals surface area contributed by atoms with E-state index >= 15 is 0 Å². The van der Waals surface area contributed by atoms with Crippen molar-refractivity contribution in [3.05, 3.63) is 77.4 Å². The fraction of sp³-hybridized carbons (Fsp3) is 0.292. The smallest absolute Gasteiger partial charge is 0.334 e. The quantitative estimate of drug-likeness (QED) is 0.636. The summed E-state index contributed by atoms with van der Waals surface area (Å²) >= 11 is 0.